The van der Waals surface area contributed by atoms with E-state index in [1.54, 1.807) is 0 Å². The van der Waals surface area contributed by atoms with E-state index in [9.17, 15) is 4.79 Å². The highest BCUT2D eigenvalue weighted by Gasteiger charge is 2.24. The minimum absolute atomic E-state index is 0. The first kappa shape index (κ1) is 10.2. The predicted molar refractivity (Wildman–Crippen MR) is 54.1 cm³/mol. The molecule has 13 heavy (non-hydrogen) atoms. The van der Waals surface area contributed by atoms with Crippen LogP contribution in [0, 0.1) is 0 Å². The van der Waals surface area contributed by atoms with Crippen molar-refractivity contribution in [1.82, 2.24) is 5.32 Å². The molecule has 0 aliphatic carbocycles. The summed E-state index contributed by atoms with van der Waals surface area (Å²) in [6, 6.07) is 9.81. The van der Waals surface area contributed by atoms with Crippen molar-refractivity contribution in [3.8, 4) is 0 Å². The molecule has 0 radical (unpaired) electrons. The molecule has 1 aliphatic heterocycles. The summed E-state index contributed by atoms with van der Waals surface area (Å²) in [5.74, 6) is 0.307. The van der Waals surface area contributed by atoms with Gasteiger partial charge in [-0.1, -0.05) is 30.3 Å². The molecule has 1 aliphatic rings. The van der Waals surface area contributed by atoms with Crippen molar-refractivity contribution in [1.29, 1.82) is 0 Å². The van der Waals surface area contributed by atoms with Gasteiger partial charge in [-0.25, -0.2) is 0 Å². The summed E-state index contributed by atoms with van der Waals surface area (Å²) in [5.41, 5.74) is 1.08. The van der Waals surface area contributed by atoms with Crippen molar-refractivity contribution in [2.75, 3.05) is 6.54 Å². The second kappa shape index (κ2) is 4.40. The maximum atomic E-state index is 11.3. The third-order valence-corrected chi connectivity index (χ3v) is 2.17. The fourth-order valence-electron chi connectivity index (χ4n) is 1.55. The molecule has 2 rings (SSSR count). The molecule has 1 N–H and O–H groups in total. The molecule has 1 fully saturated rings. The van der Waals surface area contributed by atoms with Gasteiger partial charge < -0.3 is 5.32 Å². The highest BCUT2D eigenvalue weighted by atomic mass is 35.5. The summed E-state index contributed by atoms with van der Waals surface area (Å²) >= 11 is 0. The van der Waals surface area contributed by atoms with E-state index in [2.05, 4.69) is 5.32 Å². The van der Waals surface area contributed by atoms with E-state index in [1.165, 1.54) is 0 Å². The van der Waals surface area contributed by atoms with Crippen LogP contribution in [0.1, 0.15) is 18.0 Å². The van der Waals surface area contributed by atoms with E-state index < -0.39 is 0 Å². The molecule has 2 nitrogen and oxygen atoms in total. The molecule has 1 aromatic rings. The lowest BCUT2D eigenvalue weighted by molar-refractivity contribution is -0.118. The lowest BCUT2D eigenvalue weighted by atomic mass is 10.1. The van der Waals surface area contributed by atoms with Crippen molar-refractivity contribution in [3.63, 3.8) is 0 Å². The van der Waals surface area contributed by atoms with E-state index in [0.717, 1.165) is 12.1 Å². The Morgan fingerprint density at radius 1 is 1.23 bits per heavy atom. The van der Waals surface area contributed by atoms with Crippen LogP contribution in [0.4, 0.5) is 0 Å². The Morgan fingerprint density at radius 3 is 2.46 bits per heavy atom. The summed E-state index contributed by atoms with van der Waals surface area (Å²) in [5, 5.41) is 3.17. The zero-order valence-corrected chi connectivity index (χ0v) is 8.01. The Kier molecular flexibility index (Phi) is 3.46. The van der Waals surface area contributed by atoms with Crippen molar-refractivity contribution >= 4 is 18.2 Å². The van der Waals surface area contributed by atoms with Crippen LogP contribution < -0.4 is 5.32 Å². The van der Waals surface area contributed by atoms with Crippen molar-refractivity contribution in [2.24, 2.45) is 0 Å². The summed E-state index contributed by atoms with van der Waals surface area (Å²) in [4.78, 5) is 11.3. The number of carbonyl (C=O) groups is 1. The Bertz CT molecular complexity index is 286. The minimum atomic E-state index is -0.0498. The molecule has 1 aromatic carbocycles. The zero-order valence-electron chi connectivity index (χ0n) is 7.19. The lowest BCUT2D eigenvalue weighted by Gasteiger charge is -2.07. The molecule has 3 heteroatoms. The largest absolute Gasteiger partial charge is 0.303 e. The van der Waals surface area contributed by atoms with Gasteiger partial charge in [-0.15, -0.1) is 12.4 Å². The van der Waals surface area contributed by atoms with Crippen LogP contribution >= 0.6 is 12.4 Å². The fourth-order valence-corrected chi connectivity index (χ4v) is 1.55. The van der Waals surface area contributed by atoms with Gasteiger partial charge in [-0.3, -0.25) is 4.79 Å². The summed E-state index contributed by atoms with van der Waals surface area (Å²) < 4.78 is 0. The minimum Gasteiger partial charge on any atom is -0.303 e. The Labute approximate surface area is 83.7 Å². The van der Waals surface area contributed by atoms with E-state index >= 15 is 0 Å². The van der Waals surface area contributed by atoms with Gasteiger partial charge in [0.25, 0.3) is 0 Å². The van der Waals surface area contributed by atoms with Gasteiger partial charge in [0.1, 0.15) is 0 Å². The van der Waals surface area contributed by atoms with Gasteiger partial charge in [0.2, 0.25) is 0 Å². The fraction of sp³-hybridized carbons (Fsp3) is 0.300. The quantitative estimate of drug-likeness (QED) is 0.743. The van der Waals surface area contributed by atoms with E-state index in [1.807, 2.05) is 30.3 Å². The molecule has 70 valence electrons. The molecule has 0 spiro atoms. The topological polar surface area (TPSA) is 29.1 Å². The third kappa shape index (κ3) is 2.08. The molecule has 1 atom stereocenters. The molecule has 0 amide bonds. The molecule has 0 aromatic heterocycles. The molecule has 0 bridgehead atoms. The first-order valence-electron chi connectivity index (χ1n) is 4.19. The SMILES string of the molecule is Cl.O=C1CCNC1c1ccccc1. The predicted octanol–water partition coefficient (Wildman–Crippen LogP) is 1.71. The third-order valence-electron chi connectivity index (χ3n) is 2.17. The molecule has 1 saturated heterocycles. The van der Waals surface area contributed by atoms with E-state index in [4.69, 9.17) is 0 Å². The number of halogens is 1. The summed E-state index contributed by atoms with van der Waals surface area (Å²) in [6.07, 6.45) is 0.666. The molecular weight excluding hydrogens is 186 g/mol. The van der Waals surface area contributed by atoms with Crippen LogP contribution in [0.15, 0.2) is 30.3 Å². The van der Waals surface area contributed by atoms with Gasteiger partial charge >= 0.3 is 0 Å². The lowest BCUT2D eigenvalue weighted by Crippen LogP contribution is -2.17. The van der Waals surface area contributed by atoms with E-state index in [-0.39, 0.29) is 18.4 Å². The van der Waals surface area contributed by atoms with E-state index in [0.29, 0.717) is 12.2 Å². The van der Waals surface area contributed by atoms with Crippen molar-refractivity contribution < 1.29 is 4.79 Å². The standard InChI is InChI=1S/C10H11NO.ClH/c12-9-6-7-11-10(9)8-4-2-1-3-5-8;/h1-5,10-11H,6-7H2;1H. The molecule has 1 heterocycles. The number of ketones is 1. The van der Waals surface area contributed by atoms with Crippen LogP contribution in [-0.4, -0.2) is 12.3 Å². The average molecular weight is 198 g/mol. The van der Waals surface area contributed by atoms with Gasteiger partial charge in [0.05, 0.1) is 6.04 Å². The number of benzene rings is 1. The van der Waals surface area contributed by atoms with Gasteiger partial charge in [0, 0.05) is 13.0 Å². The Hall–Kier alpha value is -0.860. The smallest absolute Gasteiger partial charge is 0.155 e. The maximum Gasteiger partial charge on any atom is 0.155 e. The maximum absolute atomic E-state index is 11.3. The normalized spacial score (nSPS) is 21.2. The zero-order chi connectivity index (χ0) is 8.39. The number of hydrogen-bond donors (Lipinski definition) is 1. The van der Waals surface area contributed by atoms with Crippen LogP contribution in [0.2, 0.25) is 0 Å². The van der Waals surface area contributed by atoms with Crippen molar-refractivity contribution in [3.05, 3.63) is 35.9 Å². The van der Waals surface area contributed by atoms with Crippen LogP contribution in [0.5, 0.6) is 0 Å². The van der Waals surface area contributed by atoms with Gasteiger partial charge in [-0.05, 0) is 5.56 Å². The number of nitrogens with one attached hydrogen (secondary N) is 1. The molecular formula is C10H12ClNO. The molecule has 0 saturated carbocycles. The highest BCUT2D eigenvalue weighted by molar-refractivity contribution is 5.87. The van der Waals surface area contributed by atoms with Crippen molar-refractivity contribution in [2.45, 2.75) is 12.5 Å². The average Bonchev–Trinajstić information content (AvgIpc) is 2.53. The van der Waals surface area contributed by atoms with Crippen LogP contribution in [0.3, 0.4) is 0 Å². The van der Waals surface area contributed by atoms with Gasteiger partial charge in [0.15, 0.2) is 5.78 Å². The number of Topliss-reactive ketones (excluding diaryl/α,β-unsaturated/α-hetero) is 1. The number of carbonyl (C=O) groups excluding carboxylic acids is 1. The first-order chi connectivity index (χ1) is 5.88. The first-order valence-corrected chi connectivity index (χ1v) is 4.19. The van der Waals surface area contributed by atoms with Crippen LogP contribution in [-0.2, 0) is 4.79 Å². The highest BCUT2D eigenvalue weighted by Crippen LogP contribution is 2.18. The second-order valence-corrected chi connectivity index (χ2v) is 3.01. The Morgan fingerprint density at radius 2 is 1.92 bits per heavy atom. The second-order valence-electron chi connectivity index (χ2n) is 3.01. The van der Waals surface area contributed by atoms with Crippen LogP contribution in [0.25, 0.3) is 0 Å². The Balaban J connectivity index is 0.000000845. The number of rotatable bonds is 1. The number of hydrogen-bond acceptors (Lipinski definition) is 2. The summed E-state index contributed by atoms with van der Waals surface area (Å²) in [6.45, 7) is 0.818. The van der Waals surface area contributed by atoms with Gasteiger partial charge in [-0.2, -0.15) is 0 Å². The molecule has 1 unspecified atom stereocenters. The summed E-state index contributed by atoms with van der Waals surface area (Å²) in [7, 11) is 0. The monoisotopic (exact) mass is 197 g/mol.